The summed E-state index contributed by atoms with van der Waals surface area (Å²) in [6.45, 7) is 1.14. The van der Waals surface area contributed by atoms with Crippen molar-refractivity contribution in [2.24, 2.45) is 0 Å². The molecule has 0 spiro atoms. The van der Waals surface area contributed by atoms with Crippen LogP contribution in [0.5, 0.6) is 0 Å². The van der Waals surface area contributed by atoms with Crippen molar-refractivity contribution in [3.8, 4) is 0 Å². The molecule has 3 heteroatoms. The van der Waals surface area contributed by atoms with E-state index in [0.717, 1.165) is 6.54 Å². The molecule has 1 nitrogen and oxygen atoms in total. The van der Waals surface area contributed by atoms with E-state index in [-0.39, 0.29) is 24.8 Å². The van der Waals surface area contributed by atoms with Gasteiger partial charge in [-0.3, -0.25) is 0 Å². The van der Waals surface area contributed by atoms with E-state index in [2.05, 4.69) is 29.6 Å². The number of benzene rings is 1. The third-order valence-electron chi connectivity index (χ3n) is 2.46. The Kier molecular flexibility index (Phi) is 6.77. The minimum absolute atomic E-state index is 0. The van der Waals surface area contributed by atoms with Crippen molar-refractivity contribution in [1.82, 2.24) is 0 Å². The molecule has 1 N–H and O–H groups in total. The van der Waals surface area contributed by atoms with Gasteiger partial charge in [-0.1, -0.05) is 24.6 Å². The Labute approximate surface area is 98.1 Å². The van der Waals surface area contributed by atoms with Gasteiger partial charge in [0.15, 0.2) is 0 Å². The smallest absolute Gasteiger partial charge is 0.0372 e. The maximum absolute atomic E-state index is 3.47. The van der Waals surface area contributed by atoms with Gasteiger partial charge in [0.05, 0.1) is 0 Å². The molecule has 0 saturated heterocycles. The summed E-state index contributed by atoms with van der Waals surface area (Å²) >= 11 is 0. The molecule has 0 aliphatic carbocycles. The van der Waals surface area contributed by atoms with Crippen LogP contribution in [0.2, 0.25) is 0 Å². The van der Waals surface area contributed by atoms with Crippen LogP contribution in [-0.2, 0) is 6.42 Å². The minimum Gasteiger partial charge on any atom is -0.385 e. The van der Waals surface area contributed by atoms with Gasteiger partial charge in [0.2, 0.25) is 0 Å². The van der Waals surface area contributed by atoms with Crippen LogP contribution >= 0.6 is 24.8 Å². The fraction of sp³-hybridized carbons (Fsp3) is 0.455. The first-order valence-corrected chi connectivity index (χ1v) is 4.78. The van der Waals surface area contributed by atoms with Crippen molar-refractivity contribution in [3.63, 3.8) is 0 Å². The lowest BCUT2D eigenvalue weighted by Gasteiger charge is -2.14. The Morgan fingerprint density at radius 1 is 0.929 bits per heavy atom. The van der Waals surface area contributed by atoms with E-state index in [1.54, 1.807) is 0 Å². The van der Waals surface area contributed by atoms with Crippen molar-refractivity contribution in [1.29, 1.82) is 0 Å². The van der Waals surface area contributed by atoms with E-state index in [4.69, 9.17) is 0 Å². The zero-order valence-electron chi connectivity index (χ0n) is 8.16. The zero-order valence-corrected chi connectivity index (χ0v) is 9.79. The van der Waals surface area contributed by atoms with Crippen LogP contribution in [0.4, 0.5) is 5.69 Å². The standard InChI is InChI=1S/C11H15N.2ClH/c1-2-6-10-7-3-4-8-11(10)12-9-5-1;;/h3-4,7-8,12H,1-2,5-6,9H2;2*1H. The van der Waals surface area contributed by atoms with Crippen LogP contribution < -0.4 is 5.32 Å². The second kappa shape index (κ2) is 6.97. The van der Waals surface area contributed by atoms with Gasteiger partial charge in [0, 0.05) is 12.2 Å². The second-order valence-corrected chi connectivity index (χ2v) is 3.39. The lowest BCUT2D eigenvalue weighted by atomic mass is 10.0. The number of fused-ring (bicyclic) bond motifs is 1. The highest BCUT2D eigenvalue weighted by atomic mass is 35.5. The Hall–Kier alpha value is -0.400. The number of para-hydroxylation sites is 1. The summed E-state index contributed by atoms with van der Waals surface area (Å²) in [5.74, 6) is 0. The van der Waals surface area contributed by atoms with Crippen molar-refractivity contribution < 1.29 is 0 Å². The van der Waals surface area contributed by atoms with Crippen LogP contribution in [0.15, 0.2) is 24.3 Å². The molecule has 0 saturated carbocycles. The van der Waals surface area contributed by atoms with E-state index in [9.17, 15) is 0 Å². The maximum atomic E-state index is 3.47. The molecule has 1 aliphatic rings. The predicted molar refractivity (Wildman–Crippen MR) is 67.0 cm³/mol. The molecular formula is C11H17Cl2N. The minimum atomic E-state index is 0. The second-order valence-electron chi connectivity index (χ2n) is 3.39. The molecule has 0 amide bonds. The number of halogens is 2. The van der Waals surface area contributed by atoms with Crippen LogP contribution in [0, 0.1) is 0 Å². The SMILES string of the molecule is Cl.Cl.c1ccc2c(c1)CCCCCN2. The summed E-state index contributed by atoms with van der Waals surface area (Å²) in [6.07, 6.45) is 5.26. The monoisotopic (exact) mass is 233 g/mol. The van der Waals surface area contributed by atoms with Crippen molar-refractivity contribution in [3.05, 3.63) is 29.8 Å². The first-order chi connectivity index (χ1) is 5.97. The van der Waals surface area contributed by atoms with Gasteiger partial charge in [0.1, 0.15) is 0 Å². The fourth-order valence-corrected chi connectivity index (χ4v) is 1.75. The number of hydrogen-bond donors (Lipinski definition) is 1. The molecule has 0 unspecified atom stereocenters. The van der Waals surface area contributed by atoms with E-state index in [0.29, 0.717) is 0 Å². The number of aryl methyl sites for hydroxylation is 1. The Morgan fingerprint density at radius 2 is 1.71 bits per heavy atom. The number of nitrogens with one attached hydrogen (secondary N) is 1. The van der Waals surface area contributed by atoms with Gasteiger partial charge in [-0.15, -0.1) is 24.8 Å². The summed E-state index contributed by atoms with van der Waals surface area (Å²) in [5, 5.41) is 3.47. The van der Waals surface area contributed by atoms with Gasteiger partial charge in [0.25, 0.3) is 0 Å². The van der Waals surface area contributed by atoms with Crippen molar-refractivity contribution >= 4 is 30.5 Å². The highest BCUT2D eigenvalue weighted by Gasteiger charge is 2.03. The summed E-state index contributed by atoms with van der Waals surface area (Å²) in [6, 6.07) is 8.64. The summed E-state index contributed by atoms with van der Waals surface area (Å²) in [7, 11) is 0. The molecule has 0 atom stereocenters. The van der Waals surface area contributed by atoms with E-state index < -0.39 is 0 Å². The Balaban J connectivity index is 0.000000845. The molecule has 14 heavy (non-hydrogen) atoms. The molecule has 1 aliphatic heterocycles. The van der Waals surface area contributed by atoms with Gasteiger partial charge < -0.3 is 5.32 Å². The highest BCUT2D eigenvalue weighted by Crippen LogP contribution is 2.19. The molecule has 0 bridgehead atoms. The number of rotatable bonds is 0. The predicted octanol–water partition coefficient (Wildman–Crippen LogP) is 3.67. The first-order valence-electron chi connectivity index (χ1n) is 4.78. The molecule has 1 heterocycles. The lowest BCUT2D eigenvalue weighted by molar-refractivity contribution is 0.686. The summed E-state index contributed by atoms with van der Waals surface area (Å²) in [4.78, 5) is 0. The molecule has 0 aromatic heterocycles. The van der Waals surface area contributed by atoms with Crippen LogP contribution in [-0.4, -0.2) is 6.54 Å². The van der Waals surface area contributed by atoms with Gasteiger partial charge in [-0.2, -0.15) is 0 Å². The van der Waals surface area contributed by atoms with E-state index in [1.807, 2.05) is 0 Å². The van der Waals surface area contributed by atoms with Gasteiger partial charge in [-0.05, 0) is 30.9 Å². The maximum Gasteiger partial charge on any atom is 0.0372 e. The first kappa shape index (κ1) is 13.6. The largest absolute Gasteiger partial charge is 0.385 e. The van der Waals surface area contributed by atoms with Crippen LogP contribution in [0.3, 0.4) is 0 Å². The van der Waals surface area contributed by atoms with Gasteiger partial charge >= 0.3 is 0 Å². The molecule has 80 valence electrons. The average Bonchev–Trinajstić information content (AvgIpc) is 2.06. The van der Waals surface area contributed by atoms with E-state index >= 15 is 0 Å². The highest BCUT2D eigenvalue weighted by molar-refractivity contribution is 5.85. The van der Waals surface area contributed by atoms with Crippen LogP contribution in [0.1, 0.15) is 24.8 Å². The normalized spacial score (nSPS) is 14.6. The summed E-state index contributed by atoms with van der Waals surface area (Å²) < 4.78 is 0. The fourth-order valence-electron chi connectivity index (χ4n) is 1.75. The third-order valence-corrected chi connectivity index (χ3v) is 2.46. The lowest BCUT2D eigenvalue weighted by Crippen LogP contribution is -2.07. The third kappa shape index (κ3) is 3.39. The summed E-state index contributed by atoms with van der Waals surface area (Å²) in [5.41, 5.74) is 2.83. The molecule has 0 radical (unpaired) electrons. The number of hydrogen-bond acceptors (Lipinski definition) is 1. The quantitative estimate of drug-likeness (QED) is 0.722. The average molecular weight is 234 g/mol. The topological polar surface area (TPSA) is 12.0 Å². The molecule has 1 aromatic carbocycles. The van der Waals surface area contributed by atoms with Crippen LogP contribution in [0.25, 0.3) is 0 Å². The van der Waals surface area contributed by atoms with Crippen molar-refractivity contribution in [2.75, 3.05) is 11.9 Å². The molecule has 1 aromatic rings. The Morgan fingerprint density at radius 3 is 2.57 bits per heavy atom. The zero-order chi connectivity index (χ0) is 8.23. The van der Waals surface area contributed by atoms with Gasteiger partial charge in [-0.25, -0.2) is 0 Å². The van der Waals surface area contributed by atoms with E-state index in [1.165, 1.54) is 36.9 Å². The molecule has 2 rings (SSSR count). The number of anilines is 1. The van der Waals surface area contributed by atoms with Crippen molar-refractivity contribution in [2.45, 2.75) is 25.7 Å². The molecule has 0 fully saturated rings. The molecular weight excluding hydrogens is 217 g/mol. The Bertz CT molecular complexity index is 236.